The second-order valence-corrected chi connectivity index (χ2v) is 4.54. The highest BCUT2D eigenvalue weighted by molar-refractivity contribution is 7.71. The van der Waals surface area contributed by atoms with Gasteiger partial charge in [-0.25, -0.2) is 0 Å². The number of amides is 1. The lowest BCUT2D eigenvalue weighted by Crippen LogP contribution is -2.35. The van der Waals surface area contributed by atoms with Crippen LogP contribution >= 0.6 is 12.2 Å². The summed E-state index contributed by atoms with van der Waals surface area (Å²) in [4.78, 5) is 11.8. The molecule has 1 aromatic heterocycles. The molecule has 0 aliphatic rings. The van der Waals surface area contributed by atoms with E-state index in [-0.39, 0.29) is 18.5 Å². The molecule has 6 heteroatoms. The van der Waals surface area contributed by atoms with Gasteiger partial charge in [0.2, 0.25) is 5.91 Å². The van der Waals surface area contributed by atoms with Crippen LogP contribution in [0.15, 0.2) is 0 Å². The molecule has 0 bridgehead atoms. The van der Waals surface area contributed by atoms with E-state index in [1.54, 1.807) is 4.57 Å². The first-order chi connectivity index (χ1) is 8.08. The van der Waals surface area contributed by atoms with Crippen LogP contribution in [0, 0.1) is 4.77 Å². The number of nitrogens with one attached hydrogen (secondary N) is 2. The molecule has 1 atom stereocenters. The molecule has 1 aromatic rings. The zero-order valence-corrected chi connectivity index (χ0v) is 11.4. The Balaban J connectivity index is 2.70. The van der Waals surface area contributed by atoms with Crippen LogP contribution in [0.4, 0.5) is 0 Å². The molecular formula is C11H20N4OS. The van der Waals surface area contributed by atoms with Crippen molar-refractivity contribution in [2.24, 2.45) is 0 Å². The Kier molecular flexibility index (Phi) is 5.34. The third-order valence-corrected chi connectivity index (χ3v) is 2.94. The van der Waals surface area contributed by atoms with Crippen LogP contribution in [-0.2, 0) is 17.8 Å². The molecule has 17 heavy (non-hydrogen) atoms. The number of aryl methyl sites for hydroxylation is 1. The molecular weight excluding hydrogens is 236 g/mol. The van der Waals surface area contributed by atoms with E-state index in [4.69, 9.17) is 12.2 Å². The largest absolute Gasteiger partial charge is 0.352 e. The van der Waals surface area contributed by atoms with Gasteiger partial charge in [-0.2, -0.15) is 5.10 Å². The van der Waals surface area contributed by atoms with E-state index >= 15 is 0 Å². The lowest BCUT2D eigenvalue weighted by molar-refractivity contribution is -0.122. The first kappa shape index (κ1) is 13.9. The third kappa shape index (κ3) is 3.96. The molecule has 0 saturated heterocycles. The van der Waals surface area contributed by atoms with Gasteiger partial charge in [0.05, 0.1) is 0 Å². The first-order valence-electron chi connectivity index (χ1n) is 6.01. The summed E-state index contributed by atoms with van der Waals surface area (Å²) in [6.07, 6.45) is 2.72. The average molecular weight is 256 g/mol. The van der Waals surface area contributed by atoms with Gasteiger partial charge in [-0.3, -0.25) is 14.5 Å². The molecule has 0 saturated carbocycles. The number of carbonyl (C=O) groups is 1. The van der Waals surface area contributed by atoms with Gasteiger partial charge < -0.3 is 5.32 Å². The summed E-state index contributed by atoms with van der Waals surface area (Å²) < 4.78 is 2.27. The predicted octanol–water partition coefficient (Wildman–Crippen LogP) is 1.81. The lowest BCUT2D eigenvalue weighted by atomic mass is 10.2. The first-order valence-corrected chi connectivity index (χ1v) is 6.42. The average Bonchev–Trinajstić information content (AvgIpc) is 2.62. The van der Waals surface area contributed by atoms with E-state index in [9.17, 15) is 4.79 Å². The van der Waals surface area contributed by atoms with Gasteiger partial charge in [0, 0.05) is 12.5 Å². The standard InChI is InChI=1S/C11H20N4OS/c1-4-6-9-13-14-11(17)15(9)7-10(16)12-8(3)5-2/h8H,4-7H2,1-3H3,(H,12,16)(H,14,17). The highest BCUT2D eigenvalue weighted by Crippen LogP contribution is 2.01. The number of nitrogens with zero attached hydrogens (tertiary/aromatic N) is 2. The van der Waals surface area contributed by atoms with E-state index in [1.807, 2.05) is 13.8 Å². The Morgan fingerprint density at radius 3 is 2.88 bits per heavy atom. The summed E-state index contributed by atoms with van der Waals surface area (Å²) in [6, 6.07) is 0.193. The summed E-state index contributed by atoms with van der Waals surface area (Å²) in [7, 11) is 0. The van der Waals surface area contributed by atoms with Crippen LogP contribution in [-0.4, -0.2) is 26.7 Å². The molecule has 5 nitrogen and oxygen atoms in total. The van der Waals surface area contributed by atoms with Crippen molar-refractivity contribution in [3.8, 4) is 0 Å². The van der Waals surface area contributed by atoms with Crippen LogP contribution in [0.2, 0.25) is 0 Å². The quantitative estimate of drug-likeness (QED) is 0.763. The van der Waals surface area contributed by atoms with Crippen molar-refractivity contribution in [1.29, 1.82) is 0 Å². The molecule has 0 aromatic carbocycles. The molecule has 0 aliphatic carbocycles. The van der Waals surface area contributed by atoms with E-state index in [0.717, 1.165) is 25.1 Å². The fraction of sp³-hybridized carbons (Fsp3) is 0.727. The van der Waals surface area contributed by atoms with Crippen LogP contribution in [0.25, 0.3) is 0 Å². The van der Waals surface area contributed by atoms with Crippen molar-refractivity contribution in [3.05, 3.63) is 10.6 Å². The number of carbonyl (C=O) groups excluding carboxylic acids is 1. The Labute approximate surface area is 107 Å². The number of rotatable bonds is 6. The van der Waals surface area contributed by atoms with Crippen LogP contribution in [0.3, 0.4) is 0 Å². The minimum Gasteiger partial charge on any atom is -0.352 e. The van der Waals surface area contributed by atoms with E-state index in [2.05, 4.69) is 22.4 Å². The summed E-state index contributed by atoms with van der Waals surface area (Å²) >= 11 is 5.11. The van der Waals surface area contributed by atoms with Crippen molar-refractivity contribution in [2.75, 3.05) is 0 Å². The highest BCUT2D eigenvalue weighted by atomic mass is 32.1. The van der Waals surface area contributed by atoms with Gasteiger partial charge in [-0.05, 0) is 32.0 Å². The van der Waals surface area contributed by atoms with E-state index in [0.29, 0.717) is 4.77 Å². The van der Waals surface area contributed by atoms with Gasteiger partial charge >= 0.3 is 0 Å². The minimum atomic E-state index is -0.0193. The Morgan fingerprint density at radius 2 is 2.29 bits per heavy atom. The second kappa shape index (κ2) is 6.54. The summed E-state index contributed by atoms with van der Waals surface area (Å²) in [5.41, 5.74) is 0. The fourth-order valence-corrected chi connectivity index (χ4v) is 1.71. The molecule has 0 radical (unpaired) electrons. The molecule has 1 heterocycles. The van der Waals surface area contributed by atoms with Crippen molar-refractivity contribution in [3.63, 3.8) is 0 Å². The number of aromatic amines is 1. The Hall–Kier alpha value is -1.17. The molecule has 0 aliphatic heterocycles. The van der Waals surface area contributed by atoms with Crippen LogP contribution in [0.1, 0.15) is 39.4 Å². The fourth-order valence-electron chi connectivity index (χ4n) is 1.49. The zero-order valence-electron chi connectivity index (χ0n) is 10.6. The van der Waals surface area contributed by atoms with Gasteiger partial charge in [0.15, 0.2) is 4.77 Å². The number of H-pyrrole nitrogens is 1. The van der Waals surface area contributed by atoms with Crippen LogP contribution < -0.4 is 5.32 Å². The van der Waals surface area contributed by atoms with E-state index in [1.165, 1.54) is 0 Å². The topological polar surface area (TPSA) is 62.7 Å². The molecule has 0 fully saturated rings. The molecule has 0 spiro atoms. The van der Waals surface area contributed by atoms with Crippen molar-refractivity contribution in [1.82, 2.24) is 20.1 Å². The van der Waals surface area contributed by atoms with Crippen molar-refractivity contribution < 1.29 is 4.79 Å². The maximum Gasteiger partial charge on any atom is 0.240 e. The molecule has 96 valence electrons. The maximum absolute atomic E-state index is 11.8. The third-order valence-electron chi connectivity index (χ3n) is 2.63. The van der Waals surface area contributed by atoms with Crippen molar-refractivity contribution >= 4 is 18.1 Å². The Bertz CT molecular complexity index is 423. The number of hydrogen-bond donors (Lipinski definition) is 2. The molecule has 2 N–H and O–H groups in total. The predicted molar refractivity (Wildman–Crippen MR) is 69.3 cm³/mol. The summed E-state index contributed by atoms with van der Waals surface area (Å²) in [5.74, 6) is 0.825. The Morgan fingerprint density at radius 1 is 1.59 bits per heavy atom. The number of aromatic nitrogens is 3. The van der Waals surface area contributed by atoms with Crippen molar-refractivity contribution in [2.45, 2.75) is 52.6 Å². The smallest absolute Gasteiger partial charge is 0.240 e. The van der Waals surface area contributed by atoms with Gasteiger partial charge in [0.1, 0.15) is 12.4 Å². The normalized spacial score (nSPS) is 12.4. The molecule has 1 unspecified atom stereocenters. The molecule has 1 amide bonds. The van der Waals surface area contributed by atoms with Gasteiger partial charge in [-0.15, -0.1) is 0 Å². The lowest BCUT2D eigenvalue weighted by Gasteiger charge is -2.12. The summed E-state index contributed by atoms with van der Waals surface area (Å²) in [5, 5.41) is 9.77. The van der Waals surface area contributed by atoms with Gasteiger partial charge in [0.25, 0.3) is 0 Å². The van der Waals surface area contributed by atoms with Crippen LogP contribution in [0.5, 0.6) is 0 Å². The number of hydrogen-bond acceptors (Lipinski definition) is 3. The monoisotopic (exact) mass is 256 g/mol. The zero-order chi connectivity index (χ0) is 12.8. The minimum absolute atomic E-state index is 0.0193. The highest BCUT2D eigenvalue weighted by Gasteiger charge is 2.11. The second-order valence-electron chi connectivity index (χ2n) is 4.16. The maximum atomic E-state index is 11.8. The summed E-state index contributed by atoms with van der Waals surface area (Å²) in [6.45, 7) is 6.34. The molecule has 1 rings (SSSR count). The SMILES string of the molecule is CCCc1n[nH]c(=S)n1CC(=O)NC(C)CC. The van der Waals surface area contributed by atoms with Gasteiger partial charge in [-0.1, -0.05) is 13.8 Å². The van der Waals surface area contributed by atoms with E-state index < -0.39 is 0 Å².